The van der Waals surface area contributed by atoms with Gasteiger partial charge in [-0.25, -0.2) is 0 Å². The molecule has 3 saturated carbocycles. The number of ether oxygens (including phenoxy) is 1. The third-order valence-electron chi connectivity index (χ3n) is 5.89. The van der Waals surface area contributed by atoms with Crippen LogP contribution in [0.5, 0.6) is 5.75 Å². The molecule has 25 heavy (non-hydrogen) atoms. The van der Waals surface area contributed by atoms with Crippen LogP contribution in [0, 0.1) is 0 Å². The van der Waals surface area contributed by atoms with Crippen LogP contribution in [0.1, 0.15) is 49.8 Å². The van der Waals surface area contributed by atoms with Crippen molar-refractivity contribution in [2.24, 2.45) is 0 Å². The summed E-state index contributed by atoms with van der Waals surface area (Å²) >= 11 is 0. The van der Waals surface area contributed by atoms with Gasteiger partial charge in [0, 0.05) is 18.3 Å². The standard InChI is InChI=1S/C21H26N2O2/c24-21-10-7-20(8-11-21,9-12-21)23-15-17-4-3-6-19(14-17)25-16-18-5-1-2-13-22-18/h1-6,13-14,23-24H,7-12,15-16H2. The zero-order valence-corrected chi connectivity index (χ0v) is 14.6. The maximum absolute atomic E-state index is 10.4. The lowest BCUT2D eigenvalue weighted by Gasteiger charge is -2.51. The molecular formula is C21H26N2O2. The van der Waals surface area contributed by atoms with E-state index in [1.807, 2.05) is 30.3 Å². The van der Waals surface area contributed by atoms with E-state index in [1.165, 1.54) is 5.56 Å². The molecule has 2 aromatic rings. The van der Waals surface area contributed by atoms with Crippen LogP contribution >= 0.6 is 0 Å². The highest BCUT2D eigenvalue weighted by Crippen LogP contribution is 2.46. The highest BCUT2D eigenvalue weighted by Gasteiger charge is 2.47. The summed E-state index contributed by atoms with van der Waals surface area (Å²) in [6.07, 6.45) is 7.85. The Hall–Kier alpha value is -1.91. The number of fused-ring (bicyclic) bond motifs is 3. The summed E-state index contributed by atoms with van der Waals surface area (Å²) in [7, 11) is 0. The molecule has 4 heteroatoms. The Kier molecular flexibility index (Phi) is 4.48. The minimum atomic E-state index is -0.372. The van der Waals surface area contributed by atoms with Crippen LogP contribution in [0.25, 0.3) is 0 Å². The van der Waals surface area contributed by atoms with E-state index in [4.69, 9.17) is 4.74 Å². The van der Waals surface area contributed by atoms with Crippen molar-refractivity contribution in [3.8, 4) is 5.75 Å². The number of rotatable bonds is 6. The molecule has 3 aliphatic carbocycles. The minimum absolute atomic E-state index is 0.218. The smallest absolute Gasteiger partial charge is 0.130 e. The molecule has 2 N–H and O–H groups in total. The summed E-state index contributed by atoms with van der Waals surface area (Å²) in [5.41, 5.74) is 2.01. The lowest BCUT2D eigenvalue weighted by Crippen LogP contribution is -2.56. The lowest BCUT2D eigenvalue weighted by atomic mass is 9.63. The molecule has 5 rings (SSSR count). The van der Waals surface area contributed by atoms with Gasteiger partial charge in [-0.15, -0.1) is 0 Å². The Morgan fingerprint density at radius 1 is 1.00 bits per heavy atom. The predicted molar refractivity (Wildman–Crippen MR) is 97.2 cm³/mol. The molecule has 0 aliphatic heterocycles. The van der Waals surface area contributed by atoms with Gasteiger partial charge in [0.25, 0.3) is 0 Å². The van der Waals surface area contributed by atoms with E-state index < -0.39 is 0 Å². The predicted octanol–water partition coefficient (Wildman–Crippen LogP) is 3.59. The average molecular weight is 338 g/mol. The second-order valence-electron chi connectivity index (χ2n) is 7.62. The fourth-order valence-corrected chi connectivity index (χ4v) is 4.11. The monoisotopic (exact) mass is 338 g/mol. The van der Waals surface area contributed by atoms with E-state index in [1.54, 1.807) is 6.20 Å². The highest BCUT2D eigenvalue weighted by atomic mass is 16.5. The summed E-state index contributed by atoms with van der Waals surface area (Å²) in [5.74, 6) is 0.879. The largest absolute Gasteiger partial charge is 0.487 e. The third kappa shape index (κ3) is 3.86. The molecule has 1 aromatic carbocycles. The molecule has 0 atom stereocenters. The number of benzene rings is 1. The van der Waals surface area contributed by atoms with E-state index in [2.05, 4.69) is 22.4 Å². The molecule has 0 radical (unpaired) electrons. The average Bonchev–Trinajstić information content (AvgIpc) is 2.67. The van der Waals surface area contributed by atoms with Gasteiger partial charge in [0.05, 0.1) is 11.3 Å². The molecule has 2 bridgehead atoms. The van der Waals surface area contributed by atoms with Crippen molar-refractivity contribution in [1.29, 1.82) is 0 Å². The minimum Gasteiger partial charge on any atom is -0.487 e. The molecular weight excluding hydrogens is 312 g/mol. The van der Waals surface area contributed by atoms with Gasteiger partial charge in [-0.1, -0.05) is 18.2 Å². The van der Waals surface area contributed by atoms with Crippen molar-refractivity contribution in [3.05, 3.63) is 59.9 Å². The molecule has 3 aliphatic rings. The second kappa shape index (κ2) is 6.77. The number of hydrogen-bond acceptors (Lipinski definition) is 4. The van der Waals surface area contributed by atoms with E-state index in [0.29, 0.717) is 6.61 Å². The summed E-state index contributed by atoms with van der Waals surface area (Å²) in [6, 6.07) is 14.1. The summed E-state index contributed by atoms with van der Waals surface area (Å²) in [6.45, 7) is 1.33. The summed E-state index contributed by atoms with van der Waals surface area (Å²) < 4.78 is 5.87. The molecule has 0 unspecified atom stereocenters. The molecule has 1 heterocycles. The summed E-state index contributed by atoms with van der Waals surface area (Å²) in [5, 5.41) is 14.1. The van der Waals surface area contributed by atoms with Crippen LogP contribution < -0.4 is 10.1 Å². The first-order valence-corrected chi connectivity index (χ1v) is 9.24. The first-order chi connectivity index (χ1) is 12.1. The Bertz CT molecular complexity index is 692. The van der Waals surface area contributed by atoms with Crippen molar-refractivity contribution in [2.45, 2.75) is 62.8 Å². The molecule has 3 fully saturated rings. The fourth-order valence-electron chi connectivity index (χ4n) is 4.11. The van der Waals surface area contributed by atoms with Gasteiger partial charge < -0.3 is 15.2 Å². The molecule has 0 amide bonds. The highest BCUT2D eigenvalue weighted by molar-refractivity contribution is 5.29. The van der Waals surface area contributed by atoms with Gasteiger partial charge in [-0.05, 0) is 68.4 Å². The van der Waals surface area contributed by atoms with Crippen molar-refractivity contribution in [1.82, 2.24) is 10.3 Å². The maximum Gasteiger partial charge on any atom is 0.130 e. The third-order valence-corrected chi connectivity index (χ3v) is 5.89. The van der Waals surface area contributed by atoms with Crippen LogP contribution in [0.2, 0.25) is 0 Å². The molecule has 132 valence electrons. The van der Waals surface area contributed by atoms with Crippen molar-refractivity contribution in [2.75, 3.05) is 0 Å². The number of nitrogens with zero attached hydrogens (tertiary/aromatic N) is 1. The van der Waals surface area contributed by atoms with E-state index in [0.717, 1.165) is 56.5 Å². The first kappa shape index (κ1) is 16.6. The Balaban J connectivity index is 1.34. The van der Waals surface area contributed by atoms with Crippen LogP contribution in [-0.2, 0) is 13.2 Å². The Morgan fingerprint density at radius 2 is 1.80 bits per heavy atom. The molecule has 0 saturated heterocycles. The molecule has 0 spiro atoms. The number of nitrogens with one attached hydrogen (secondary N) is 1. The van der Waals surface area contributed by atoms with Crippen LogP contribution in [0.3, 0.4) is 0 Å². The molecule has 1 aromatic heterocycles. The number of hydrogen-bond donors (Lipinski definition) is 2. The van der Waals surface area contributed by atoms with Crippen molar-refractivity contribution in [3.63, 3.8) is 0 Å². The Labute approximate surface area is 149 Å². The van der Waals surface area contributed by atoms with Crippen LogP contribution in [-0.4, -0.2) is 21.2 Å². The van der Waals surface area contributed by atoms with E-state index in [9.17, 15) is 5.11 Å². The van der Waals surface area contributed by atoms with Gasteiger partial charge in [0.15, 0.2) is 0 Å². The van der Waals surface area contributed by atoms with Gasteiger partial charge in [-0.3, -0.25) is 4.98 Å². The SMILES string of the molecule is OC12CCC(NCc3cccc(OCc4ccccn4)c3)(CC1)CC2. The zero-order valence-electron chi connectivity index (χ0n) is 14.6. The van der Waals surface area contributed by atoms with Crippen LogP contribution in [0.4, 0.5) is 0 Å². The topological polar surface area (TPSA) is 54.4 Å². The van der Waals surface area contributed by atoms with Crippen molar-refractivity contribution >= 4 is 0 Å². The Morgan fingerprint density at radius 3 is 2.52 bits per heavy atom. The molecule has 4 nitrogen and oxygen atoms in total. The van der Waals surface area contributed by atoms with Gasteiger partial charge in [0.2, 0.25) is 0 Å². The quantitative estimate of drug-likeness (QED) is 0.845. The van der Waals surface area contributed by atoms with E-state index >= 15 is 0 Å². The van der Waals surface area contributed by atoms with Gasteiger partial charge >= 0.3 is 0 Å². The number of aromatic nitrogens is 1. The zero-order chi connectivity index (χ0) is 17.2. The first-order valence-electron chi connectivity index (χ1n) is 9.24. The summed E-state index contributed by atoms with van der Waals surface area (Å²) in [4.78, 5) is 4.29. The van der Waals surface area contributed by atoms with Gasteiger partial charge in [-0.2, -0.15) is 0 Å². The maximum atomic E-state index is 10.4. The second-order valence-corrected chi connectivity index (χ2v) is 7.62. The lowest BCUT2D eigenvalue weighted by molar-refractivity contribution is -0.0729. The van der Waals surface area contributed by atoms with E-state index in [-0.39, 0.29) is 11.1 Å². The van der Waals surface area contributed by atoms with Crippen molar-refractivity contribution < 1.29 is 9.84 Å². The number of aliphatic hydroxyl groups is 1. The normalized spacial score (nSPS) is 28.0. The van der Waals surface area contributed by atoms with Crippen LogP contribution in [0.15, 0.2) is 48.7 Å². The van der Waals surface area contributed by atoms with Gasteiger partial charge in [0.1, 0.15) is 12.4 Å². The number of pyridine rings is 1. The fraction of sp³-hybridized carbons (Fsp3) is 0.476.